The summed E-state index contributed by atoms with van der Waals surface area (Å²) in [7, 11) is 0. The lowest BCUT2D eigenvalue weighted by Crippen LogP contribution is -2.37. The third-order valence-electron chi connectivity index (χ3n) is 3.34. The van der Waals surface area contributed by atoms with Crippen LogP contribution in [0.1, 0.15) is 12.5 Å². The second-order valence-corrected chi connectivity index (χ2v) is 6.49. The number of carbonyl (C=O) groups is 2. The molecule has 0 aromatic heterocycles. The highest BCUT2D eigenvalue weighted by atomic mass is 35.5. The number of nitrogens with zero attached hydrogens (tertiary/aromatic N) is 1. The number of hydrogen-bond donors (Lipinski definition) is 1. The summed E-state index contributed by atoms with van der Waals surface area (Å²) in [5, 5.41) is 4.10. The summed E-state index contributed by atoms with van der Waals surface area (Å²) in [6.45, 7) is 3.03. The van der Waals surface area contributed by atoms with Crippen LogP contribution >= 0.6 is 34.8 Å². The second-order valence-electron chi connectivity index (χ2n) is 5.21. The van der Waals surface area contributed by atoms with Gasteiger partial charge in [0.25, 0.3) is 0 Å². The molecule has 0 unspecified atom stereocenters. The first-order chi connectivity index (χ1) is 11.3. The van der Waals surface area contributed by atoms with Gasteiger partial charge in [0.15, 0.2) is 0 Å². The molecule has 0 aliphatic rings. The lowest BCUT2D eigenvalue weighted by atomic mass is 10.2. The molecule has 2 aromatic rings. The van der Waals surface area contributed by atoms with Gasteiger partial charge in [0.2, 0.25) is 11.8 Å². The fourth-order valence-corrected chi connectivity index (χ4v) is 2.90. The average molecular weight is 386 g/mol. The Morgan fingerprint density at radius 3 is 2.25 bits per heavy atom. The van der Waals surface area contributed by atoms with Crippen LogP contribution in [0.15, 0.2) is 36.4 Å². The van der Waals surface area contributed by atoms with Crippen molar-refractivity contribution in [1.29, 1.82) is 0 Å². The minimum Gasteiger partial charge on any atom is -0.324 e. The van der Waals surface area contributed by atoms with E-state index in [1.807, 2.05) is 6.92 Å². The summed E-state index contributed by atoms with van der Waals surface area (Å²) in [5.41, 5.74) is 1.89. The first-order valence-corrected chi connectivity index (χ1v) is 8.20. The Hall–Kier alpha value is -1.75. The molecule has 0 saturated carbocycles. The van der Waals surface area contributed by atoms with E-state index in [1.165, 1.54) is 17.9 Å². The normalized spacial score (nSPS) is 10.4. The van der Waals surface area contributed by atoms with E-state index in [2.05, 4.69) is 5.32 Å². The Morgan fingerprint density at radius 1 is 1.04 bits per heavy atom. The molecule has 24 heavy (non-hydrogen) atoms. The number of aryl methyl sites for hydroxylation is 1. The topological polar surface area (TPSA) is 49.4 Å². The first-order valence-electron chi connectivity index (χ1n) is 7.07. The van der Waals surface area contributed by atoms with Gasteiger partial charge in [-0.3, -0.25) is 9.59 Å². The van der Waals surface area contributed by atoms with Gasteiger partial charge in [-0.1, -0.05) is 34.8 Å². The van der Waals surface area contributed by atoms with Crippen LogP contribution in [0.25, 0.3) is 0 Å². The lowest BCUT2D eigenvalue weighted by Gasteiger charge is -2.22. The van der Waals surface area contributed by atoms with Gasteiger partial charge in [0.05, 0.1) is 10.7 Å². The van der Waals surface area contributed by atoms with Crippen LogP contribution < -0.4 is 10.2 Å². The van der Waals surface area contributed by atoms with Crippen molar-refractivity contribution in [3.05, 3.63) is 57.0 Å². The first kappa shape index (κ1) is 18.6. The Morgan fingerprint density at radius 2 is 1.67 bits per heavy atom. The van der Waals surface area contributed by atoms with Gasteiger partial charge in [-0.25, -0.2) is 0 Å². The van der Waals surface area contributed by atoms with Crippen molar-refractivity contribution in [2.45, 2.75) is 13.8 Å². The number of hydrogen-bond acceptors (Lipinski definition) is 2. The number of benzene rings is 2. The van der Waals surface area contributed by atoms with E-state index in [0.29, 0.717) is 26.4 Å². The summed E-state index contributed by atoms with van der Waals surface area (Å²) >= 11 is 17.9. The Bertz CT molecular complexity index is 793. The molecule has 0 saturated heterocycles. The Labute approximate surface area is 155 Å². The molecule has 7 heteroatoms. The van der Waals surface area contributed by atoms with E-state index >= 15 is 0 Å². The molecule has 2 rings (SSSR count). The van der Waals surface area contributed by atoms with Crippen LogP contribution in [-0.4, -0.2) is 18.4 Å². The minimum atomic E-state index is -0.346. The number of anilines is 2. The summed E-state index contributed by atoms with van der Waals surface area (Å²) < 4.78 is 0. The van der Waals surface area contributed by atoms with E-state index in [0.717, 1.165) is 5.56 Å². The number of carbonyl (C=O) groups excluding carboxylic acids is 2. The lowest BCUT2D eigenvalue weighted by molar-refractivity contribution is -0.120. The van der Waals surface area contributed by atoms with Crippen molar-refractivity contribution in [3.8, 4) is 0 Å². The van der Waals surface area contributed by atoms with Crippen molar-refractivity contribution in [2.24, 2.45) is 0 Å². The predicted molar refractivity (Wildman–Crippen MR) is 99.3 cm³/mol. The molecule has 0 fully saturated rings. The minimum absolute atomic E-state index is 0.168. The molecule has 2 amide bonds. The fraction of sp³-hybridized carbons (Fsp3) is 0.176. The molecule has 0 radical (unpaired) electrons. The molecule has 1 N–H and O–H groups in total. The van der Waals surface area contributed by atoms with Crippen LogP contribution in [0.4, 0.5) is 11.4 Å². The van der Waals surface area contributed by atoms with Crippen molar-refractivity contribution in [3.63, 3.8) is 0 Å². The highest BCUT2D eigenvalue weighted by Gasteiger charge is 2.19. The third kappa shape index (κ3) is 4.63. The van der Waals surface area contributed by atoms with Crippen LogP contribution in [0.3, 0.4) is 0 Å². The number of nitrogens with one attached hydrogen (secondary N) is 1. The molecule has 0 heterocycles. The van der Waals surface area contributed by atoms with Crippen molar-refractivity contribution in [2.75, 3.05) is 16.8 Å². The maximum absolute atomic E-state index is 12.3. The van der Waals surface area contributed by atoms with Crippen LogP contribution in [0, 0.1) is 6.92 Å². The maximum Gasteiger partial charge on any atom is 0.244 e. The molecule has 0 aliphatic heterocycles. The standard InChI is InChI=1S/C17H15Cl3N2O2/c1-10-7-12(18)3-5-15(10)21-17(24)9-22(11(2)23)16-6-4-13(19)8-14(16)20/h3-8H,9H2,1-2H3,(H,21,24). The highest BCUT2D eigenvalue weighted by Crippen LogP contribution is 2.29. The molecule has 0 spiro atoms. The zero-order chi connectivity index (χ0) is 17.9. The zero-order valence-corrected chi connectivity index (χ0v) is 15.3. The monoisotopic (exact) mass is 384 g/mol. The van der Waals surface area contributed by atoms with E-state index in [9.17, 15) is 9.59 Å². The fourth-order valence-electron chi connectivity index (χ4n) is 2.17. The molecular formula is C17H15Cl3N2O2. The van der Waals surface area contributed by atoms with Crippen LogP contribution in [-0.2, 0) is 9.59 Å². The molecule has 4 nitrogen and oxygen atoms in total. The molecule has 2 aromatic carbocycles. The molecule has 0 aliphatic carbocycles. The summed E-state index contributed by atoms with van der Waals surface area (Å²) in [5.74, 6) is -0.649. The van der Waals surface area contributed by atoms with Crippen molar-refractivity contribution in [1.82, 2.24) is 0 Å². The summed E-state index contributed by atoms with van der Waals surface area (Å²) in [4.78, 5) is 25.5. The molecule has 126 valence electrons. The third-order valence-corrected chi connectivity index (χ3v) is 4.12. The second kappa shape index (κ2) is 7.88. The highest BCUT2D eigenvalue weighted by molar-refractivity contribution is 6.36. The largest absolute Gasteiger partial charge is 0.324 e. The van der Waals surface area contributed by atoms with E-state index < -0.39 is 0 Å². The molecule has 0 atom stereocenters. The molecular weight excluding hydrogens is 371 g/mol. The smallest absolute Gasteiger partial charge is 0.244 e. The van der Waals surface area contributed by atoms with Gasteiger partial charge >= 0.3 is 0 Å². The molecule has 0 bridgehead atoms. The summed E-state index contributed by atoms with van der Waals surface area (Å²) in [6.07, 6.45) is 0. The van der Waals surface area contributed by atoms with Crippen LogP contribution in [0.5, 0.6) is 0 Å². The number of rotatable bonds is 4. The maximum atomic E-state index is 12.3. The summed E-state index contributed by atoms with van der Waals surface area (Å²) in [6, 6.07) is 9.88. The van der Waals surface area contributed by atoms with Crippen molar-refractivity contribution < 1.29 is 9.59 Å². The average Bonchev–Trinajstić information content (AvgIpc) is 2.48. The van der Waals surface area contributed by atoms with E-state index in [1.54, 1.807) is 30.3 Å². The quantitative estimate of drug-likeness (QED) is 0.810. The van der Waals surface area contributed by atoms with Gasteiger partial charge in [0, 0.05) is 22.7 Å². The Balaban J connectivity index is 2.18. The predicted octanol–water partition coefficient (Wildman–Crippen LogP) is 4.95. The van der Waals surface area contributed by atoms with Gasteiger partial charge in [0.1, 0.15) is 6.54 Å². The number of amides is 2. The number of halogens is 3. The van der Waals surface area contributed by atoms with Gasteiger partial charge < -0.3 is 10.2 Å². The Kier molecular flexibility index (Phi) is 6.10. The zero-order valence-electron chi connectivity index (χ0n) is 13.1. The van der Waals surface area contributed by atoms with Gasteiger partial charge in [-0.05, 0) is 48.9 Å². The van der Waals surface area contributed by atoms with Crippen LogP contribution in [0.2, 0.25) is 15.1 Å². The van der Waals surface area contributed by atoms with E-state index in [4.69, 9.17) is 34.8 Å². The van der Waals surface area contributed by atoms with Gasteiger partial charge in [-0.15, -0.1) is 0 Å². The van der Waals surface area contributed by atoms with Crippen molar-refractivity contribution >= 4 is 58.0 Å². The van der Waals surface area contributed by atoms with Gasteiger partial charge in [-0.2, -0.15) is 0 Å². The van der Waals surface area contributed by atoms with E-state index in [-0.39, 0.29) is 18.4 Å². The SMILES string of the molecule is CC(=O)N(CC(=O)Nc1ccc(Cl)cc1C)c1ccc(Cl)cc1Cl.